The lowest BCUT2D eigenvalue weighted by atomic mass is 10.1. The van der Waals surface area contributed by atoms with Crippen LogP contribution in [-0.2, 0) is 19.5 Å². The molecule has 0 fully saturated rings. The second-order valence-electron chi connectivity index (χ2n) is 6.52. The number of nitrogens with zero attached hydrogens (tertiary/aromatic N) is 3. The Hall–Kier alpha value is -2.28. The van der Waals surface area contributed by atoms with Crippen LogP contribution in [0.4, 0.5) is 0 Å². The zero-order valence-electron chi connectivity index (χ0n) is 14.1. The molecule has 0 saturated heterocycles. The van der Waals surface area contributed by atoms with E-state index in [2.05, 4.69) is 16.3 Å². The van der Waals surface area contributed by atoms with E-state index in [1.165, 1.54) is 21.8 Å². The number of thiophene rings is 1. The van der Waals surface area contributed by atoms with E-state index in [0.717, 1.165) is 48.0 Å². The summed E-state index contributed by atoms with van der Waals surface area (Å²) in [6.07, 6.45) is 1.09. The van der Waals surface area contributed by atoms with E-state index in [0.29, 0.717) is 0 Å². The summed E-state index contributed by atoms with van der Waals surface area (Å²) in [6.45, 7) is 2.69. The third-order valence-electron chi connectivity index (χ3n) is 4.80. The fourth-order valence-electron chi connectivity index (χ4n) is 3.53. The number of fused-ring (bicyclic) bond motifs is 2. The molecule has 6 heteroatoms. The second kappa shape index (κ2) is 6.46. The average Bonchev–Trinajstić information content (AvgIpc) is 3.29. The standard InChI is InChI=1S/C20H17N3OS2/c24-19-10-16(12-22-8-6-18-15(11-22)7-9-25-18)21-20-23(19)17(13-26-20)14-4-2-1-3-5-14/h1-5,7,9-10,13H,6,8,11-12H2. The smallest absolute Gasteiger partial charge is 0.259 e. The first-order chi connectivity index (χ1) is 12.8. The van der Waals surface area contributed by atoms with Crippen LogP contribution in [0.1, 0.15) is 16.1 Å². The Morgan fingerprint density at radius 3 is 2.88 bits per heavy atom. The van der Waals surface area contributed by atoms with Gasteiger partial charge in [0.25, 0.3) is 5.56 Å². The molecule has 0 amide bonds. The van der Waals surface area contributed by atoms with Gasteiger partial charge in [0.1, 0.15) is 0 Å². The van der Waals surface area contributed by atoms with Crippen LogP contribution in [0.2, 0.25) is 0 Å². The van der Waals surface area contributed by atoms with Crippen LogP contribution in [0, 0.1) is 0 Å². The fraction of sp³-hybridized carbons (Fsp3) is 0.200. The molecule has 0 unspecified atom stereocenters. The molecule has 4 aromatic rings. The zero-order valence-corrected chi connectivity index (χ0v) is 15.7. The summed E-state index contributed by atoms with van der Waals surface area (Å²) in [5.74, 6) is 0. The molecule has 0 radical (unpaired) electrons. The Morgan fingerprint density at radius 2 is 2.00 bits per heavy atom. The van der Waals surface area contributed by atoms with Crippen LogP contribution >= 0.6 is 22.7 Å². The van der Waals surface area contributed by atoms with Gasteiger partial charge in [-0.05, 0) is 29.0 Å². The third kappa shape index (κ3) is 2.80. The highest BCUT2D eigenvalue weighted by Crippen LogP contribution is 2.26. The lowest BCUT2D eigenvalue weighted by molar-refractivity contribution is 0.244. The summed E-state index contributed by atoms with van der Waals surface area (Å²) in [7, 11) is 0. The van der Waals surface area contributed by atoms with Gasteiger partial charge in [-0.25, -0.2) is 4.98 Å². The van der Waals surface area contributed by atoms with Gasteiger partial charge in [-0.3, -0.25) is 14.1 Å². The molecule has 1 aliphatic rings. The molecule has 0 N–H and O–H groups in total. The van der Waals surface area contributed by atoms with Gasteiger partial charge < -0.3 is 0 Å². The predicted molar refractivity (Wildman–Crippen MR) is 107 cm³/mol. The lowest BCUT2D eigenvalue weighted by Gasteiger charge is -2.26. The van der Waals surface area contributed by atoms with Crippen molar-refractivity contribution in [3.63, 3.8) is 0 Å². The molecular weight excluding hydrogens is 362 g/mol. The zero-order chi connectivity index (χ0) is 17.5. The average molecular weight is 380 g/mol. The van der Waals surface area contributed by atoms with Crippen molar-refractivity contribution in [1.82, 2.24) is 14.3 Å². The maximum atomic E-state index is 12.8. The fourth-order valence-corrected chi connectivity index (χ4v) is 5.34. The van der Waals surface area contributed by atoms with E-state index in [1.807, 2.05) is 47.0 Å². The summed E-state index contributed by atoms with van der Waals surface area (Å²) in [5, 5.41) is 4.18. The lowest BCUT2D eigenvalue weighted by Crippen LogP contribution is -2.30. The maximum absolute atomic E-state index is 12.8. The van der Waals surface area contributed by atoms with Crippen molar-refractivity contribution in [3.8, 4) is 11.3 Å². The van der Waals surface area contributed by atoms with E-state index in [1.54, 1.807) is 10.5 Å². The second-order valence-corrected chi connectivity index (χ2v) is 8.36. The Bertz CT molecular complexity index is 1130. The quantitative estimate of drug-likeness (QED) is 0.539. The van der Waals surface area contributed by atoms with E-state index in [4.69, 9.17) is 4.98 Å². The minimum atomic E-state index is -0.00154. The van der Waals surface area contributed by atoms with Gasteiger partial charge in [-0.2, -0.15) is 0 Å². The van der Waals surface area contributed by atoms with Crippen molar-refractivity contribution in [2.75, 3.05) is 6.54 Å². The maximum Gasteiger partial charge on any atom is 0.259 e. The molecule has 3 aromatic heterocycles. The predicted octanol–water partition coefficient (Wildman–Crippen LogP) is 4.04. The molecule has 0 spiro atoms. The number of thiazole rings is 1. The third-order valence-corrected chi connectivity index (χ3v) is 6.65. The SMILES string of the molecule is O=c1cc(CN2CCc3sccc3C2)nc2scc(-c3ccccc3)n12. The Morgan fingerprint density at radius 1 is 1.12 bits per heavy atom. The first-order valence-electron chi connectivity index (χ1n) is 8.61. The molecule has 1 aromatic carbocycles. The van der Waals surface area contributed by atoms with E-state index in [-0.39, 0.29) is 5.56 Å². The Labute approximate surface area is 159 Å². The number of rotatable bonds is 3. The normalized spacial score (nSPS) is 14.6. The van der Waals surface area contributed by atoms with E-state index >= 15 is 0 Å². The molecule has 0 saturated carbocycles. The van der Waals surface area contributed by atoms with Crippen LogP contribution in [0.5, 0.6) is 0 Å². The van der Waals surface area contributed by atoms with Gasteiger partial charge >= 0.3 is 0 Å². The summed E-state index contributed by atoms with van der Waals surface area (Å²) in [5.41, 5.74) is 4.22. The van der Waals surface area contributed by atoms with Crippen molar-refractivity contribution in [1.29, 1.82) is 0 Å². The highest BCUT2D eigenvalue weighted by molar-refractivity contribution is 7.15. The molecule has 5 rings (SSSR count). The molecule has 0 bridgehead atoms. The highest BCUT2D eigenvalue weighted by Gasteiger charge is 2.18. The monoisotopic (exact) mass is 379 g/mol. The van der Waals surface area contributed by atoms with Crippen molar-refractivity contribution in [2.24, 2.45) is 0 Å². The topological polar surface area (TPSA) is 37.6 Å². The number of benzene rings is 1. The van der Waals surface area contributed by atoms with Gasteiger partial charge in [0, 0.05) is 36.0 Å². The first kappa shape index (κ1) is 15.9. The van der Waals surface area contributed by atoms with Crippen LogP contribution in [0.3, 0.4) is 0 Å². The summed E-state index contributed by atoms with van der Waals surface area (Å²) < 4.78 is 1.72. The number of hydrogen-bond donors (Lipinski definition) is 0. The van der Waals surface area contributed by atoms with Gasteiger partial charge in [-0.15, -0.1) is 22.7 Å². The summed E-state index contributed by atoms with van der Waals surface area (Å²) in [4.78, 5) is 22.2. The van der Waals surface area contributed by atoms with Gasteiger partial charge in [0.2, 0.25) is 0 Å². The highest BCUT2D eigenvalue weighted by atomic mass is 32.1. The summed E-state index contributed by atoms with van der Waals surface area (Å²) in [6, 6.07) is 13.9. The largest absolute Gasteiger partial charge is 0.293 e. The Kier molecular flexibility index (Phi) is 3.96. The van der Waals surface area contributed by atoms with Crippen molar-refractivity contribution in [3.05, 3.63) is 79.7 Å². The molecule has 0 aliphatic carbocycles. The van der Waals surface area contributed by atoms with Crippen LogP contribution < -0.4 is 5.56 Å². The van der Waals surface area contributed by atoms with Crippen molar-refractivity contribution >= 4 is 27.6 Å². The van der Waals surface area contributed by atoms with E-state index in [9.17, 15) is 4.79 Å². The van der Waals surface area contributed by atoms with Gasteiger partial charge in [0.15, 0.2) is 4.96 Å². The molecular formula is C20H17N3OS2. The minimum absolute atomic E-state index is 0.00154. The van der Waals surface area contributed by atoms with Crippen LogP contribution in [0.15, 0.2) is 58.0 Å². The Balaban J connectivity index is 1.47. The summed E-state index contributed by atoms with van der Waals surface area (Å²) >= 11 is 3.37. The molecule has 1 aliphatic heterocycles. The molecule has 4 heterocycles. The minimum Gasteiger partial charge on any atom is -0.293 e. The van der Waals surface area contributed by atoms with E-state index < -0.39 is 0 Å². The van der Waals surface area contributed by atoms with Crippen molar-refractivity contribution in [2.45, 2.75) is 19.5 Å². The van der Waals surface area contributed by atoms with Crippen LogP contribution in [0.25, 0.3) is 16.2 Å². The van der Waals surface area contributed by atoms with Crippen LogP contribution in [-0.4, -0.2) is 20.8 Å². The first-order valence-corrected chi connectivity index (χ1v) is 10.4. The molecule has 4 nitrogen and oxygen atoms in total. The molecule has 26 heavy (non-hydrogen) atoms. The number of hydrogen-bond acceptors (Lipinski definition) is 5. The van der Waals surface area contributed by atoms with Gasteiger partial charge in [0.05, 0.1) is 11.4 Å². The number of aromatic nitrogens is 2. The molecule has 0 atom stereocenters. The molecule has 130 valence electrons. The van der Waals surface area contributed by atoms with Crippen molar-refractivity contribution < 1.29 is 0 Å². The van der Waals surface area contributed by atoms with Gasteiger partial charge in [-0.1, -0.05) is 30.3 Å².